The Labute approximate surface area is 183 Å². The summed E-state index contributed by atoms with van der Waals surface area (Å²) in [6, 6.07) is 7.95. The van der Waals surface area contributed by atoms with Crippen molar-refractivity contribution in [2.75, 3.05) is 23.7 Å². The second-order valence-corrected chi connectivity index (χ2v) is 7.14. The molecule has 3 rings (SSSR count). The van der Waals surface area contributed by atoms with E-state index in [1.54, 1.807) is 19.1 Å². The molecule has 8 nitrogen and oxygen atoms in total. The molecule has 0 aliphatic heterocycles. The van der Waals surface area contributed by atoms with Gasteiger partial charge >= 0.3 is 6.03 Å². The summed E-state index contributed by atoms with van der Waals surface area (Å²) in [7, 11) is 0. The molecule has 0 spiro atoms. The second-order valence-electron chi connectivity index (χ2n) is 7.14. The number of carbonyl (C=O) groups is 1. The van der Waals surface area contributed by atoms with Crippen LogP contribution < -0.4 is 27.2 Å². The lowest BCUT2D eigenvalue weighted by molar-refractivity contribution is 0.262. The standard InChI is InChI=1S/C22H24F2N6O2/c1-13-9-16(5-6-18(13)23)28-22(32)30-21-27-12-17(20(31)29-21)14-3-4-15(19(24)10-14)11-26-8-2-7-25/h3-6,9-10,12,26H,2,7-8,11,25H2,1H3,(H3,27,28,29,30,31,32). The predicted octanol–water partition coefficient (Wildman–Crippen LogP) is 3.11. The molecule has 0 unspecified atom stereocenters. The van der Waals surface area contributed by atoms with Crippen LogP contribution in [-0.4, -0.2) is 29.1 Å². The van der Waals surface area contributed by atoms with E-state index in [0.29, 0.717) is 42.0 Å². The molecule has 0 atom stereocenters. The highest BCUT2D eigenvalue weighted by Crippen LogP contribution is 2.19. The van der Waals surface area contributed by atoms with Gasteiger partial charge in [-0.2, -0.15) is 4.98 Å². The third kappa shape index (κ3) is 5.96. The number of hydrogen-bond donors (Lipinski definition) is 5. The van der Waals surface area contributed by atoms with Crippen LogP contribution in [0.15, 0.2) is 47.4 Å². The van der Waals surface area contributed by atoms with Gasteiger partial charge in [-0.15, -0.1) is 0 Å². The molecule has 0 aliphatic carbocycles. The lowest BCUT2D eigenvalue weighted by Crippen LogP contribution is -2.23. The molecule has 0 aliphatic rings. The van der Waals surface area contributed by atoms with Crippen molar-refractivity contribution in [3.63, 3.8) is 0 Å². The maximum Gasteiger partial charge on any atom is 0.326 e. The summed E-state index contributed by atoms with van der Waals surface area (Å²) in [4.78, 5) is 31.0. The Balaban J connectivity index is 1.66. The number of rotatable bonds is 8. The van der Waals surface area contributed by atoms with E-state index in [9.17, 15) is 18.4 Å². The van der Waals surface area contributed by atoms with Gasteiger partial charge in [0, 0.05) is 24.0 Å². The first kappa shape index (κ1) is 23.0. The summed E-state index contributed by atoms with van der Waals surface area (Å²) in [5.41, 5.74) is 6.55. The number of urea groups is 1. The van der Waals surface area contributed by atoms with Crippen molar-refractivity contribution in [3.8, 4) is 11.1 Å². The van der Waals surface area contributed by atoms with Gasteiger partial charge in [-0.3, -0.25) is 10.1 Å². The fourth-order valence-electron chi connectivity index (χ4n) is 2.97. The van der Waals surface area contributed by atoms with E-state index in [2.05, 4.69) is 25.9 Å². The monoisotopic (exact) mass is 442 g/mol. The molecule has 3 aromatic rings. The van der Waals surface area contributed by atoms with Crippen LogP contribution >= 0.6 is 0 Å². The molecule has 10 heteroatoms. The first-order chi connectivity index (χ1) is 15.4. The Hall–Kier alpha value is -3.63. The summed E-state index contributed by atoms with van der Waals surface area (Å²) in [5.74, 6) is -0.917. The molecule has 168 valence electrons. The molecular weight excluding hydrogens is 418 g/mol. The van der Waals surface area contributed by atoms with Gasteiger partial charge in [-0.05, 0) is 61.8 Å². The zero-order valence-corrected chi connectivity index (χ0v) is 17.5. The highest BCUT2D eigenvalue weighted by molar-refractivity contribution is 5.98. The van der Waals surface area contributed by atoms with Crippen molar-refractivity contribution in [1.29, 1.82) is 0 Å². The van der Waals surface area contributed by atoms with Gasteiger partial charge in [0.2, 0.25) is 5.95 Å². The number of carbonyl (C=O) groups excluding carboxylic acids is 1. The minimum absolute atomic E-state index is 0.0868. The fraction of sp³-hybridized carbons (Fsp3) is 0.227. The number of nitrogens with one attached hydrogen (secondary N) is 4. The average molecular weight is 442 g/mol. The summed E-state index contributed by atoms with van der Waals surface area (Å²) < 4.78 is 27.7. The number of halogens is 2. The fourth-order valence-corrected chi connectivity index (χ4v) is 2.97. The number of amides is 2. The minimum Gasteiger partial charge on any atom is -0.331 e. The molecule has 1 aromatic heterocycles. The summed E-state index contributed by atoms with van der Waals surface area (Å²) in [6.07, 6.45) is 2.14. The van der Waals surface area contributed by atoms with Crippen LogP contribution in [0.25, 0.3) is 11.1 Å². The van der Waals surface area contributed by atoms with E-state index >= 15 is 0 Å². The van der Waals surface area contributed by atoms with E-state index in [1.807, 2.05) is 0 Å². The van der Waals surface area contributed by atoms with Gasteiger partial charge in [0.25, 0.3) is 5.56 Å². The maximum absolute atomic E-state index is 14.4. The number of benzene rings is 2. The Morgan fingerprint density at radius 3 is 2.62 bits per heavy atom. The number of nitrogens with two attached hydrogens (primary N) is 1. The number of aryl methyl sites for hydroxylation is 1. The third-order valence-corrected chi connectivity index (χ3v) is 4.68. The van der Waals surface area contributed by atoms with Crippen molar-refractivity contribution in [2.24, 2.45) is 5.73 Å². The van der Waals surface area contributed by atoms with Gasteiger partial charge < -0.3 is 21.4 Å². The van der Waals surface area contributed by atoms with Crippen LogP contribution in [0.4, 0.5) is 25.2 Å². The molecule has 32 heavy (non-hydrogen) atoms. The summed E-state index contributed by atoms with van der Waals surface area (Å²) in [6.45, 7) is 3.17. The summed E-state index contributed by atoms with van der Waals surface area (Å²) in [5, 5.41) is 8.02. The first-order valence-corrected chi connectivity index (χ1v) is 10.0. The zero-order chi connectivity index (χ0) is 23.1. The third-order valence-electron chi connectivity index (χ3n) is 4.68. The van der Waals surface area contributed by atoms with Crippen molar-refractivity contribution in [2.45, 2.75) is 19.9 Å². The van der Waals surface area contributed by atoms with E-state index in [1.165, 1.54) is 30.5 Å². The lowest BCUT2D eigenvalue weighted by Gasteiger charge is -2.09. The highest BCUT2D eigenvalue weighted by atomic mass is 19.1. The summed E-state index contributed by atoms with van der Waals surface area (Å²) >= 11 is 0. The molecule has 6 N–H and O–H groups in total. The Morgan fingerprint density at radius 2 is 1.94 bits per heavy atom. The van der Waals surface area contributed by atoms with Crippen molar-refractivity contribution in [3.05, 3.63) is 75.7 Å². The number of hydrogen-bond acceptors (Lipinski definition) is 5. The van der Waals surface area contributed by atoms with Crippen LogP contribution in [0.1, 0.15) is 17.5 Å². The number of nitrogens with zero attached hydrogens (tertiary/aromatic N) is 1. The van der Waals surface area contributed by atoms with Crippen LogP contribution in [0.3, 0.4) is 0 Å². The zero-order valence-electron chi connectivity index (χ0n) is 17.5. The minimum atomic E-state index is -0.663. The molecule has 2 amide bonds. The van der Waals surface area contributed by atoms with Crippen molar-refractivity contribution >= 4 is 17.7 Å². The number of aromatic amines is 1. The van der Waals surface area contributed by atoms with Gasteiger partial charge in [0.15, 0.2) is 0 Å². The van der Waals surface area contributed by atoms with Gasteiger partial charge in [0.05, 0.1) is 5.56 Å². The molecule has 2 aromatic carbocycles. The Bertz CT molecular complexity index is 1170. The van der Waals surface area contributed by atoms with Crippen LogP contribution in [0.5, 0.6) is 0 Å². The van der Waals surface area contributed by atoms with Gasteiger partial charge in [-0.25, -0.2) is 13.6 Å². The second kappa shape index (κ2) is 10.6. The quantitative estimate of drug-likeness (QED) is 0.343. The SMILES string of the molecule is Cc1cc(NC(=O)Nc2nc(=O)c(-c3ccc(CNCCCN)c(F)c3)c[nH]2)ccc1F. The van der Waals surface area contributed by atoms with Gasteiger partial charge in [-0.1, -0.05) is 12.1 Å². The molecule has 0 fully saturated rings. The van der Waals surface area contributed by atoms with E-state index < -0.39 is 17.4 Å². The highest BCUT2D eigenvalue weighted by Gasteiger charge is 2.11. The number of anilines is 2. The van der Waals surface area contributed by atoms with Crippen molar-refractivity contribution in [1.82, 2.24) is 15.3 Å². The Morgan fingerprint density at radius 1 is 1.12 bits per heavy atom. The van der Waals surface area contributed by atoms with E-state index in [4.69, 9.17) is 5.73 Å². The van der Waals surface area contributed by atoms with Crippen molar-refractivity contribution < 1.29 is 13.6 Å². The van der Waals surface area contributed by atoms with Crippen LogP contribution in [-0.2, 0) is 6.54 Å². The molecular formula is C22H24F2N6O2. The van der Waals surface area contributed by atoms with Crippen LogP contribution in [0, 0.1) is 18.6 Å². The normalized spacial score (nSPS) is 10.8. The topological polar surface area (TPSA) is 125 Å². The molecule has 0 saturated carbocycles. The molecule has 1 heterocycles. The van der Waals surface area contributed by atoms with Gasteiger partial charge in [0.1, 0.15) is 11.6 Å². The van der Waals surface area contributed by atoms with E-state index in [0.717, 1.165) is 6.42 Å². The number of aromatic nitrogens is 2. The lowest BCUT2D eigenvalue weighted by atomic mass is 10.1. The predicted molar refractivity (Wildman–Crippen MR) is 119 cm³/mol. The smallest absolute Gasteiger partial charge is 0.326 e. The van der Waals surface area contributed by atoms with Crippen LogP contribution in [0.2, 0.25) is 0 Å². The first-order valence-electron chi connectivity index (χ1n) is 10.0. The largest absolute Gasteiger partial charge is 0.331 e. The molecule has 0 bridgehead atoms. The maximum atomic E-state index is 14.4. The van der Waals surface area contributed by atoms with E-state index in [-0.39, 0.29) is 17.3 Å². The molecule has 0 radical (unpaired) electrons. The molecule has 0 saturated heterocycles. The Kier molecular flexibility index (Phi) is 7.63. The number of H-pyrrole nitrogens is 1. The average Bonchev–Trinajstić information content (AvgIpc) is 2.75.